The Morgan fingerprint density at radius 2 is 2.21 bits per heavy atom. The summed E-state index contributed by atoms with van der Waals surface area (Å²) in [6.07, 6.45) is 0. The van der Waals surface area contributed by atoms with Gasteiger partial charge >= 0.3 is 5.97 Å². The van der Waals surface area contributed by atoms with E-state index in [0.717, 1.165) is 22.6 Å². The molecule has 6 heteroatoms. The van der Waals surface area contributed by atoms with Crippen LogP contribution >= 0.6 is 11.3 Å². The van der Waals surface area contributed by atoms with Crippen LogP contribution in [0.25, 0.3) is 0 Å². The Hall–Kier alpha value is -2.39. The van der Waals surface area contributed by atoms with E-state index < -0.39 is 5.97 Å². The molecule has 0 saturated carbocycles. The van der Waals surface area contributed by atoms with Crippen LogP contribution in [0.1, 0.15) is 26.5 Å². The Bertz CT molecular complexity index is 686. The number of ether oxygens (including phenoxy) is 1. The normalized spacial score (nSPS) is 9.95. The van der Waals surface area contributed by atoms with Crippen LogP contribution < -0.4 is 4.74 Å². The monoisotopic (exact) mass is 274 g/mol. The summed E-state index contributed by atoms with van der Waals surface area (Å²) < 4.78 is 5.51. The number of hydrogen-bond donors (Lipinski definition) is 1. The first-order valence-corrected chi connectivity index (χ1v) is 6.27. The van der Waals surface area contributed by atoms with Gasteiger partial charge in [-0.1, -0.05) is 0 Å². The first kappa shape index (κ1) is 13.1. The molecule has 2 aromatic heterocycles. The first-order chi connectivity index (χ1) is 9.01. The van der Waals surface area contributed by atoms with E-state index in [9.17, 15) is 4.79 Å². The standard InChI is InChI=1S/C13H10N2O3S/c1-7-3-8(2)15-12(10(7)5-14)18-9-4-11(13(16)17)19-6-9/h3-4,6H,1-2H3,(H,16,17). The smallest absolute Gasteiger partial charge is 0.346 e. The average molecular weight is 274 g/mol. The van der Waals surface area contributed by atoms with E-state index in [1.807, 2.05) is 6.07 Å². The van der Waals surface area contributed by atoms with Crippen molar-refractivity contribution in [3.8, 4) is 17.7 Å². The van der Waals surface area contributed by atoms with E-state index in [1.54, 1.807) is 25.3 Å². The van der Waals surface area contributed by atoms with Crippen molar-refractivity contribution in [2.45, 2.75) is 13.8 Å². The molecule has 0 aromatic carbocycles. The molecule has 2 rings (SSSR count). The molecule has 0 aliphatic carbocycles. The van der Waals surface area contributed by atoms with Crippen LogP contribution in [0, 0.1) is 25.2 Å². The minimum absolute atomic E-state index is 0.179. The number of carbonyl (C=O) groups is 1. The van der Waals surface area contributed by atoms with Crippen molar-refractivity contribution in [2.24, 2.45) is 0 Å². The molecule has 0 saturated heterocycles. The number of pyridine rings is 1. The fraction of sp³-hybridized carbons (Fsp3) is 0.154. The van der Waals surface area contributed by atoms with Crippen LogP contribution in [0.3, 0.4) is 0 Å². The molecule has 0 atom stereocenters. The molecule has 0 unspecified atom stereocenters. The molecule has 19 heavy (non-hydrogen) atoms. The fourth-order valence-electron chi connectivity index (χ4n) is 1.61. The summed E-state index contributed by atoms with van der Waals surface area (Å²) in [4.78, 5) is 15.1. The van der Waals surface area contributed by atoms with Gasteiger partial charge in [-0.2, -0.15) is 5.26 Å². The molecule has 0 bridgehead atoms. The van der Waals surface area contributed by atoms with Gasteiger partial charge in [0, 0.05) is 17.1 Å². The lowest BCUT2D eigenvalue weighted by Crippen LogP contribution is -1.96. The number of nitriles is 1. The van der Waals surface area contributed by atoms with Gasteiger partial charge < -0.3 is 9.84 Å². The number of aryl methyl sites for hydroxylation is 2. The molecule has 5 nitrogen and oxygen atoms in total. The minimum atomic E-state index is -1.01. The van der Waals surface area contributed by atoms with Crippen LogP contribution in [-0.4, -0.2) is 16.1 Å². The molecule has 0 fully saturated rings. The number of rotatable bonds is 3. The molecule has 96 valence electrons. The second kappa shape index (κ2) is 5.08. The van der Waals surface area contributed by atoms with Crippen LogP contribution in [0.2, 0.25) is 0 Å². The lowest BCUT2D eigenvalue weighted by Gasteiger charge is -2.07. The zero-order chi connectivity index (χ0) is 14.0. The van der Waals surface area contributed by atoms with Gasteiger partial charge in [-0.15, -0.1) is 11.3 Å². The summed E-state index contributed by atoms with van der Waals surface area (Å²) in [6, 6.07) is 5.24. The van der Waals surface area contributed by atoms with Gasteiger partial charge in [0.05, 0.1) is 0 Å². The van der Waals surface area contributed by atoms with Gasteiger partial charge in [-0.25, -0.2) is 9.78 Å². The average Bonchev–Trinajstić information content (AvgIpc) is 2.77. The van der Waals surface area contributed by atoms with E-state index in [2.05, 4.69) is 4.98 Å². The fourth-order valence-corrected chi connectivity index (χ4v) is 2.25. The highest BCUT2D eigenvalue weighted by Crippen LogP contribution is 2.29. The summed E-state index contributed by atoms with van der Waals surface area (Å²) in [5, 5.41) is 19.5. The van der Waals surface area contributed by atoms with Gasteiger partial charge in [0.15, 0.2) is 0 Å². The van der Waals surface area contributed by atoms with Gasteiger partial charge in [-0.3, -0.25) is 0 Å². The highest BCUT2D eigenvalue weighted by molar-refractivity contribution is 7.12. The number of thiophene rings is 1. The van der Waals surface area contributed by atoms with Gasteiger partial charge in [-0.05, 0) is 25.5 Å². The largest absolute Gasteiger partial charge is 0.477 e. The maximum absolute atomic E-state index is 10.8. The van der Waals surface area contributed by atoms with Crippen molar-refractivity contribution in [1.82, 2.24) is 4.98 Å². The Kier molecular flexibility index (Phi) is 3.49. The molecule has 0 aliphatic rings. The lowest BCUT2D eigenvalue weighted by molar-refractivity contribution is 0.0702. The minimum Gasteiger partial charge on any atom is -0.477 e. The second-order valence-corrected chi connectivity index (χ2v) is 4.84. The van der Waals surface area contributed by atoms with Gasteiger partial charge in [0.25, 0.3) is 0 Å². The van der Waals surface area contributed by atoms with Crippen molar-refractivity contribution in [1.29, 1.82) is 5.26 Å². The molecule has 0 amide bonds. The Morgan fingerprint density at radius 3 is 2.79 bits per heavy atom. The molecule has 0 aliphatic heterocycles. The van der Waals surface area contributed by atoms with Gasteiger partial charge in [0.1, 0.15) is 22.3 Å². The summed E-state index contributed by atoms with van der Waals surface area (Å²) in [5.41, 5.74) is 1.87. The molecule has 2 heterocycles. The van der Waals surface area contributed by atoms with Gasteiger partial charge in [0.2, 0.25) is 5.88 Å². The van der Waals surface area contributed by atoms with Crippen LogP contribution in [0.5, 0.6) is 11.6 Å². The maximum atomic E-state index is 10.8. The second-order valence-electron chi connectivity index (χ2n) is 3.93. The molecular weight excluding hydrogens is 264 g/mol. The van der Waals surface area contributed by atoms with Crippen molar-refractivity contribution >= 4 is 17.3 Å². The third-order valence-electron chi connectivity index (χ3n) is 2.42. The van der Waals surface area contributed by atoms with Crippen LogP contribution in [0.4, 0.5) is 0 Å². The first-order valence-electron chi connectivity index (χ1n) is 5.39. The zero-order valence-corrected chi connectivity index (χ0v) is 11.1. The lowest BCUT2D eigenvalue weighted by atomic mass is 10.1. The summed E-state index contributed by atoms with van der Waals surface area (Å²) in [5.74, 6) is -0.431. The predicted molar refractivity (Wildman–Crippen MR) is 69.8 cm³/mol. The molecule has 0 radical (unpaired) electrons. The van der Waals surface area contributed by atoms with E-state index in [-0.39, 0.29) is 10.8 Å². The summed E-state index contributed by atoms with van der Waals surface area (Å²) in [7, 11) is 0. The van der Waals surface area contributed by atoms with Crippen LogP contribution in [-0.2, 0) is 0 Å². The third-order valence-corrected chi connectivity index (χ3v) is 3.32. The Labute approximate surface area is 113 Å². The Balaban J connectivity index is 2.37. The quantitative estimate of drug-likeness (QED) is 0.929. The molecule has 0 spiro atoms. The van der Waals surface area contributed by atoms with Crippen LogP contribution in [0.15, 0.2) is 17.5 Å². The number of aromatic carboxylic acids is 1. The number of carboxylic acids is 1. The SMILES string of the molecule is Cc1cc(C)c(C#N)c(Oc2csc(C(=O)O)c2)n1. The number of hydrogen-bond acceptors (Lipinski definition) is 5. The zero-order valence-electron chi connectivity index (χ0n) is 10.3. The number of carboxylic acid groups (broad SMARTS) is 1. The molecular formula is C13H10N2O3S. The van der Waals surface area contributed by atoms with Crippen molar-refractivity contribution in [2.75, 3.05) is 0 Å². The Morgan fingerprint density at radius 1 is 1.47 bits per heavy atom. The summed E-state index contributed by atoms with van der Waals surface area (Å²) >= 11 is 1.06. The van der Waals surface area contributed by atoms with Crippen molar-refractivity contribution < 1.29 is 14.6 Å². The molecule has 2 aromatic rings. The molecule has 1 N–H and O–H groups in total. The third kappa shape index (κ3) is 2.72. The number of nitrogens with zero attached hydrogens (tertiary/aromatic N) is 2. The van der Waals surface area contributed by atoms with E-state index >= 15 is 0 Å². The van der Waals surface area contributed by atoms with E-state index in [1.165, 1.54) is 6.07 Å². The topological polar surface area (TPSA) is 83.2 Å². The van der Waals surface area contributed by atoms with E-state index in [4.69, 9.17) is 15.1 Å². The maximum Gasteiger partial charge on any atom is 0.346 e. The predicted octanol–water partition coefficient (Wildman–Crippen LogP) is 3.12. The van der Waals surface area contributed by atoms with Crippen molar-refractivity contribution in [3.63, 3.8) is 0 Å². The highest BCUT2D eigenvalue weighted by atomic mass is 32.1. The summed E-state index contributed by atoms with van der Waals surface area (Å²) in [6.45, 7) is 3.60. The highest BCUT2D eigenvalue weighted by Gasteiger charge is 2.13. The van der Waals surface area contributed by atoms with E-state index in [0.29, 0.717) is 11.3 Å². The van der Waals surface area contributed by atoms with Crippen molar-refractivity contribution in [3.05, 3.63) is 39.2 Å². The number of aromatic nitrogens is 1.